The topological polar surface area (TPSA) is 107 Å². The van der Waals surface area contributed by atoms with Crippen molar-refractivity contribution in [1.82, 2.24) is 14.3 Å². The van der Waals surface area contributed by atoms with Crippen LogP contribution >= 0.6 is 0 Å². The van der Waals surface area contributed by atoms with Gasteiger partial charge in [-0.05, 0) is 18.1 Å². The van der Waals surface area contributed by atoms with E-state index in [9.17, 15) is 18.5 Å². The first-order chi connectivity index (χ1) is 12.8. The monoisotopic (exact) mass is 386 g/mol. The third kappa shape index (κ3) is 3.88. The first kappa shape index (κ1) is 18.7. The zero-order valence-corrected chi connectivity index (χ0v) is 15.6. The lowest BCUT2D eigenvalue weighted by molar-refractivity contribution is -0.385. The van der Waals surface area contributed by atoms with Gasteiger partial charge in [0.05, 0.1) is 9.82 Å². The normalized spacial score (nSPS) is 12.7. The van der Waals surface area contributed by atoms with E-state index in [1.54, 1.807) is 55.2 Å². The second kappa shape index (κ2) is 7.29. The lowest BCUT2D eigenvalue weighted by Crippen LogP contribution is -2.31. The van der Waals surface area contributed by atoms with E-state index >= 15 is 0 Å². The van der Waals surface area contributed by atoms with Crippen LogP contribution in [0.5, 0.6) is 0 Å². The second-order valence-electron chi connectivity index (χ2n) is 6.07. The summed E-state index contributed by atoms with van der Waals surface area (Å²) in [6.07, 6.45) is 3.30. The largest absolute Gasteiger partial charge is 0.336 e. The summed E-state index contributed by atoms with van der Waals surface area (Å²) < 4.78 is 30.5. The van der Waals surface area contributed by atoms with Gasteiger partial charge in [0.1, 0.15) is 11.9 Å². The number of imidazole rings is 1. The quantitative estimate of drug-likeness (QED) is 0.518. The number of hydrogen-bond acceptors (Lipinski definition) is 5. The molecule has 3 aromatic rings. The zero-order valence-electron chi connectivity index (χ0n) is 14.7. The van der Waals surface area contributed by atoms with E-state index in [1.165, 1.54) is 12.1 Å². The van der Waals surface area contributed by atoms with Crippen molar-refractivity contribution in [2.24, 2.45) is 7.05 Å². The van der Waals surface area contributed by atoms with E-state index in [-0.39, 0.29) is 10.6 Å². The molecule has 0 bridgehead atoms. The number of nitro groups is 1. The Labute approximate surface area is 156 Å². The molecule has 1 N–H and O–H groups in total. The van der Waals surface area contributed by atoms with Gasteiger partial charge in [-0.25, -0.2) is 13.4 Å². The van der Waals surface area contributed by atoms with E-state index in [0.717, 1.165) is 6.07 Å². The number of nitro benzene ring substituents is 1. The Morgan fingerprint density at radius 3 is 2.48 bits per heavy atom. The molecule has 2 aromatic carbocycles. The summed E-state index contributed by atoms with van der Waals surface area (Å²) in [6.45, 7) is 1.59. The zero-order chi connectivity index (χ0) is 19.6. The van der Waals surface area contributed by atoms with Crippen molar-refractivity contribution < 1.29 is 13.3 Å². The van der Waals surface area contributed by atoms with Crippen LogP contribution in [0.1, 0.15) is 23.0 Å². The molecule has 0 fully saturated rings. The van der Waals surface area contributed by atoms with Crippen molar-refractivity contribution in [2.45, 2.75) is 17.9 Å². The van der Waals surface area contributed by atoms with Crippen molar-refractivity contribution in [2.75, 3.05) is 0 Å². The Morgan fingerprint density at radius 1 is 1.19 bits per heavy atom. The molecule has 0 aliphatic carbocycles. The van der Waals surface area contributed by atoms with E-state index in [0.29, 0.717) is 17.0 Å². The second-order valence-corrected chi connectivity index (χ2v) is 7.75. The fourth-order valence-electron chi connectivity index (χ4n) is 2.78. The van der Waals surface area contributed by atoms with Crippen molar-refractivity contribution in [3.8, 4) is 0 Å². The molecule has 0 saturated heterocycles. The summed E-state index contributed by atoms with van der Waals surface area (Å²) in [5.74, 6) is 0.507. The number of aromatic nitrogens is 2. The summed E-state index contributed by atoms with van der Waals surface area (Å²) in [5.41, 5.74) is 0.840. The van der Waals surface area contributed by atoms with Gasteiger partial charge >= 0.3 is 0 Å². The Bertz CT molecular complexity index is 1080. The van der Waals surface area contributed by atoms with Crippen LogP contribution in [0.25, 0.3) is 0 Å². The summed E-state index contributed by atoms with van der Waals surface area (Å²) >= 11 is 0. The molecule has 1 aromatic heterocycles. The molecular formula is C18H18N4O4S. The molecule has 0 saturated carbocycles. The maximum Gasteiger partial charge on any atom is 0.270 e. The molecule has 1 heterocycles. The fourth-order valence-corrected chi connectivity index (χ4v) is 4.23. The molecule has 1 atom stereocenters. The molecule has 8 nitrogen and oxygen atoms in total. The number of non-ortho nitro benzene ring substituents is 1. The standard InChI is InChI=1S/C18H18N4O4S/c1-13-8-9-15(22(23)24)12-16(13)27(25,26)20-17(14-6-4-3-5-7-14)18-19-10-11-21(18)2/h3-12,17,20H,1-2H3/t17-/m0/s1. The third-order valence-corrected chi connectivity index (χ3v) is 5.76. The molecule has 0 radical (unpaired) electrons. The number of nitrogens with zero attached hydrogens (tertiary/aromatic N) is 3. The average Bonchev–Trinajstić information content (AvgIpc) is 3.06. The van der Waals surface area contributed by atoms with Gasteiger partial charge < -0.3 is 4.57 Å². The highest BCUT2D eigenvalue weighted by Crippen LogP contribution is 2.26. The van der Waals surface area contributed by atoms with Crippen molar-refractivity contribution in [3.63, 3.8) is 0 Å². The van der Waals surface area contributed by atoms with Crippen LogP contribution in [0.15, 0.2) is 65.8 Å². The Kier molecular flexibility index (Phi) is 5.06. The SMILES string of the molecule is Cc1ccc([N+](=O)[O-])cc1S(=O)(=O)N[C@@H](c1ccccc1)c1nccn1C. The van der Waals surface area contributed by atoms with Gasteiger partial charge in [-0.15, -0.1) is 0 Å². The average molecular weight is 386 g/mol. The van der Waals surface area contributed by atoms with Crippen molar-refractivity contribution in [3.05, 3.63) is 88.0 Å². The van der Waals surface area contributed by atoms with Gasteiger partial charge in [-0.3, -0.25) is 10.1 Å². The summed E-state index contributed by atoms with van der Waals surface area (Å²) in [5, 5.41) is 11.0. The first-order valence-corrected chi connectivity index (χ1v) is 9.57. The van der Waals surface area contributed by atoms with Crippen LogP contribution in [0, 0.1) is 17.0 Å². The highest BCUT2D eigenvalue weighted by molar-refractivity contribution is 7.89. The lowest BCUT2D eigenvalue weighted by atomic mass is 10.1. The maximum absolute atomic E-state index is 13.0. The summed E-state index contributed by atoms with van der Waals surface area (Å²) in [4.78, 5) is 14.6. The fraction of sp³-hybridized carbons (Fsp3) is 0.167. The molecule has 9 heteroatoms. The molecule has 0 spiro atoms. The van der Waals surface area contributed by atoms with Crippen LogP contribution in [-0.4, -0.2) is 22.9 Å². The third-order valence-electron chi connectivity index (χ3n) is 4.19. The van der Waals surface area contributed by atoms with E-state index in [4.69, 9.17) is 0 Å². The number of rotatable bonds is 6. The summed E-state index contributed by atoms with van der Waals surface area (Å²) in [7, 11) is -2.28. The minimum absolute atomic E-state index is 0.133. The molecule has 0 unspecified atom stereocenters. The molecule has 0 aliphatic rings. The van der Waals surface area contributed by atoms with Gasteiger partial charge in [0.15, 0.2) is 0 Å². The maximum atomic E-state index is 13.0. The van der Waals surface area contributed by atoms with Gasteiger partial charge in [-0.1, -0.05) is 36.4 Å². The molecular weight excluding hydrogens is 368 g/mol. The Hall–Kier alpha value is -3.04. The number of sulfonamides is 1. The molecule has 3 rings (SSSR count). The number of benzene rings is 2. The lowest BCUT2D eigenvalue weighted by Gasteiger charge is -2.20. The van der Waals surface area contributed by atoms with Crippen LogP contribution in [0.4, 0.5) is 5.69 Å². The van der Waals surface area contributed by atoms with Crippen molar-refractivity contribution in [1.29, 1.82) is 0 Å². The smallest absolute Gasteiger partial charge is 0.270 e. The number of nitrogens with one attached hydrogen (secondary N) is 1. The van der Waals surface area contributed by atoms with Gasteiger partial charge in [0, 0.05) is 31.6 Å². The highest BCUT2D eigenvalue weighted by Gasteiger charge is 2.27. The van der Waals surface area contributed by atoms with Crippen LogP contribution in [0.3, 0.4) is 0 Å². The van der Waals surface area contributed by atoms with E-state index in [2.05, 4.69) is 9.71 Å². The predicted molar refractivity (Wildman–Crippen MR) is 99.6 cm³/mol. The highest BCUT2D eigenvalue weighted by atomic mass is 32.2. The van der Waals surface area contributed by atoms with Gasteiger partial charge in [0.2, 0.25) is 10.0 Å². The number of aryl methyl sites for hydroxylation is 2. The first-order valence-electron chi connectivity index (χ1n) is 8.09. The molecule has 0 amide bonds. The molecule has 0 aliphatic heterocycles. The minimum atomic E-state index is -4.04. The minimum Gasteiger partial charge on any atom is -0.336 e. The predicted octanol–water partition coefficient (Wildman–Crippen LogP) is 2.70. The molecule has 27 heavy (non-hydrogen) atoms. The summed E-state index contributed by atoms with van der Waals surface area (Å²) in [6, 6.07) is 12.1. The molecule has 140 valence electrons. The van der Waals surface area contributed by atoms with Gasteiger partial charge in [0.25, 0.3) is 5.69 Å². The Balaban J connectivity index is 2.07. The van der Waals surface area contributed by atoms with E-state index in [1.807, 2.05) is 6.07 Å². The van der Waals surface area contributed by atoms with Gasteiger partial charge in [-0.2, -0.15) is 4.72 Å². The van der Waals surface area contributed by atoms with Crippen molar-refractivity contribution >= 4 is 15.7 Å². The van der Waals surface area contributed by atoms with Crippen LogP contribution < -0.4 is 4.72 Å². The Morgan fingerprint density at radius 2 is 1.89 bits per heavy atom. The number of hydrogen-bond donors (Lipinski definition) is 1. The van der Waals surface area contributed by atoms with Crippen LogP contribution in [-0.2, 0) is 17.1 Å². The van der Waals surface area contributed by atoms with Crippen LogP contribution in [0.2, 0.25) is 0 Å². The van der Waals surface area contributed by atoms with E-state index < -0.39 is 21.0 Å².